The van der Waals surface area contributed by atoms with Crippen LogP contribution in [0, 0.1) is 0 Å². The second-order valence-electron chi connectivity index (χ2n) is 3.37. The Hall–Kier alpha value is -0.703. The van der Waals surface area contributed by atoms with Gasteiger partial charge >= 0.3 is 0 Å². The van der Waals surface area contributed by atoms with E-state index in [0.717, 1.165) is 0 Å². The fourth-order valence-corrected chi connectivity index (χ4v) is 1.38. The van der Waals surface area contributed by atoms with Gasteiger partial charge in [-0.05, 0) is 26.6 Å². The SMILES string of the molecule is C=CC=C(OCC)O[Si](C)(C)C. The largest absolute Gasteiger partial charge is 0.520 e. The highest BCUT2D eigenvalue weighted by atomic mass is 28.4. The highest BCUT2D eigenvalue weighted by Crippen LogP contribution is 2.11. The van der Waals surface area contributed by atoms with Crippen LogP contribution in [0.2, 0.25) is 19.6 Å². The maximum Gasteiger partial charge on any atom is 0.265 e. The van der Waals surface area contributed by atoms with Crippen molar-refractivity contribution in [2.24, 2.45) is 0 Å². The van der Waals surface area contributed by atoms with Crippen molar-refractivity contribution >= 4 is 8.32 Å². The Kier molecular flexibility index (Phi) is 4.74. The summed E-state index contributed by atoms with van der Waals surface area (Å²) in [7, 11) is -1.54. The molecule has 0 atom stereocenters. The molecule has 0 unspecified atom stereocenters. The Bertz CT molecular complexity index is 168. The molecule has 0 aromatic heterocycles. The molecule has 12 heavy (non-hydrogen) atoms. The minimum Gasteiger partial charge on any atom is -0.520 e. The molecular weight excluding hydrogens is 168 g/mol. The van der Waals surface area contributed by atoms with Crippen molar-refractivity contribution < 1.29 is 9.16 Å². The third-order valence-corrected chi connectivity index (χ3v) is 1.76. The molecule has 0 fully saturated rings. The lowest BCUT2D eigenvalue weighted by Crippen LogP contribution is -2.25. The summed E-state index contributed by atoms with van der Waals surface area (Å²) in [5.74, 6) is 0.590. The van der Waals surface area contributed by atoms with Crippen LogP contribution in [0.3, 0.4) is 0 Å². The first kappa shape index (κ1) is 11.3. The molecule has 0 aromatic rings. The average Bonchev–Trinajstić information content (AvgIpc) is 1.84. The Labute approximate surface area is 76.0 Å². The van der Waals surface area contributed by atoms with Gasteiger partial charge in [0.05, 0.1) is 6.61 Å². The Morgan fingerprint density at radius 2 is 2.00 bits per heavy atom. The highest BCUT2D eigenvalue weighted by Gasteiger charge is 2.17. The zero-order valence-electron chi connectivity index (χ0n) is 8.39. The molecule has 2 nitrogen and oxygen atoms in total. The smallest absolute Gasteiger partial charge is 0.265 e. The van der Waals surface area contributed by atoms with Crippen molar-refractivity contribution in [1.29, 1.82) is 0 Å². The van der Waals surface area contributed by atoms with Crippen molar-refractivity contribution in [3.8, 4) is 0 Å². The van der Waals surface area contributed by atoms with Gasteiger partial charge < -0.3 is 9.16 Å². The minimum atomic E-state index is -1.54. The molecule has 0 bridgehead atoms. The number of rotatable bonds is 5. The van der Waals surface area contributed by atoms with E-state index in [1.54, 1.807) is 12.2 Å². The third kappa shape index (κ3) is 6.04. The molecule has 3 heteroatoms. The van der Waals surface area contributed by atoms with E-state index in [4.69, 9.17) is 9.16 Å². The van der Waals surface area contributed by atoms with Crippen molar-refractivity contribution in [1.82, 2.24) is 0 Å². The van der Waals surface area contributed by atoms with E-state index in [2.05, 4.69) is 26.2 Å². The number of hydrogen-bond acceptors (Lipinski definition) is 2. The van der Waals surface area contributed by atoms with Crippen molar-refractivity contribution in [3.63, 3.8) is 0 Å². The molecule has 0 N–H and O–H groups in total. The summed E-state index contributed by atoms with van der Waals surface area (Å²) in [5, 5.41) is 0. The van der Waals surface area contributed by atoms with Crippen LogP contribution in [0.25, 0.3) is 0 Å². The lowest BCUT2D eigenvalue weighted by atomic mass is 10.6. The summed E-state index contributed by atoms with van der Waals surface area (Å²) in [5.41, 5.74) is 0. The monoisotopic (exact) mass is 186 g/mol. The van der Waals surface area contributed by atoms with Gasteiger partial charge in [0.15, 0.2) is 0 Å². The number of hydrogen-bond donors (Lipinski definition) is 0. The van der Waals surface area contributed by atoms with Crippen LogP contribution in [0.1, 0.15) is 6.92 Å². The van der Waals surface area contributed by atoms with Crippen LogP contribution in [-0.2, 0) is 9.16 Å². The normalized spacial score (nSPS) is 12.5. The molecule has 0 aromatic carbocycles. The zero-order valence-corrected chi connectivity index (χ0v) is 9.39. The van der Waals surface area contributed by atoms with Gasteiger partial charge in [0.2, 0.25) is 8.32 Å². The first-order valence-electron chi connectivity index (χ1n) is 4.14. The molecule has 0 aliphatic carbocycles. The first-order chi connectivity index (χ1) is 5.49. The summed E-state index contributed by atoms with van der Waals surface area (Å²) in [4.78, 5) is 0. The van der Waals surface area contributed by atoms with Gasteiger partial charge in [0, 0.05) is 6.08 Å². The van der Waals surface area contributed by atoms with Crippen molar-refractivity contribution in [2.75, 3.05) is 6.61 Å². The van der Waals surface area contributed by atoms with Crippen LogP contribution in [0.15, 0.2) is 24.7 Å². The molecule has 0 radical (unpaired) electrons. The van der Waals surface area contributed by atoms with E-state index < -0.39 is 8.32 Å². The van der Waals surface area contributed by atoms with Gasteiger partial charge in [0.25, 0.3) is 5.95 Å². The fourth-order valence-electron chi connectivity index (χ4n) is 0.652. The van der Waals surface area contributed by atoms with Crippen LogP contribution < -0.4 is 0 Å². The topological polar surface area (TPSA) is 18.5 Å². The van der Waals surface area contributed by atoms with E-state index in [9.17, 15) is 0 Å². The molecule has 70 valence electrons. The van der Waals surface area contributed by atoms with E-state index in [-0.39, 0.29) is 0 Å². The first-order valence-corrected chi connectivity index (χ1v) is 7.55. The summed E-state index contributed by atoms with van der Waals surface area (Å²) >= 11 is 0. The second-order valence-corrected chi connectivity index (χ2v) is 7.80. The molecule has 0 rings (SSSR count). The summed E-state index contributed by atoms with van der Waals surface area (Å²) in [6.45, 7) is 12.5. The van der Waals surface area contributed by atoms with Gasteiger partial charge in [-0.3, -0.25) is 0 Å². The molecule has 0 aliphatic heterocycles. The maximum absolute atomic E-state index is 5.63. The predicted molar refractivity (Wildman–Crippen MR) is 54.3 cm³/mol. The Balaban J connectivity index is 4.14. The Morgan fingerprint density at radius 3 is 2.33 bits per heavy atom. The molecule has 0 heterocycles. The third-order valence-electron chi connectivity index (χ3n) is 0.947. The van der Waals surface area contributed by atoms with E-state index in [0.29, 0.717) is 12.6 Å². The molecule has 0 amide bonds. The lowest BCUT2D eigenvalue weighted by Gasteiger charge is -2.20. The van der Waals surface area contributed by atoms with E-state index in [1.165, 1.54) is 0 Å². The van der Waals surface area contributed by atoms with Gasteiger partial charge in [0.1, 0.15) is 0 Å². The van der Waals surface area contributed by atoms with E-state index >= 15 is 0 Å². The standard InChI is InChI=1S/C9H18O2Si/c1-6-8-9(10-7-2)11-12(3,4)5/h6,8H,1,7H2,2-5H3. The maximum atomic E-state index is 5.63. The molecular formula is C9H18O2Si. The Morgan fingerprint density at radius 1 is 1.42 bits per heavy atom. The average molecular weight is 186 g/mol. The van der Waals surface area contributed by atoms with Gasteiger partial charge in [-0.15, -0.1) is 0 Å². The van der Waals surface area contributed by atoms with Gasteiger partial charge in [-0.2, -0.15) is 0 Å². The van der Waals surface area contributed by atoms with Crippen LogP contribution in [0.4, 0.5) is 0 Å². The summed E-state index contributed by atoms with van der Waals surface area (Å²) in [6, 6.07) is 0. The molecule has 0 aliphatic rings. The van der Waals surface area contributed by atoms with Gasteiger partial charge in [-0.25, -0.2) is 0 Å². The zero-order chi connectivity index (χ0) is 9.61. The quantitative estimate of drug-likeness (QED) is 0.373. The molecule has 0 saturated heterocycles. The van der Waals surface area contributed by atoms with Crippen molar-refractivity contribution in [3.05, 3.63) is 24.7 Å². The van der Waals surface area contributed by atoms with E-state index in [1.807, 2.05) is 6.92 Å². The summed E-state index contributed by atoms with van der Waals surface area (Å²) < 4.78 is 10.9. The van der Waals surface area contributed by atoms with Crippen LogP contribution in [0.5, 0.6) is 0 Å². The minimum absolute atomic E-state index is 0.590. The van der Waals surface area contributed by atoms with Crippen LogP contribution >= 0.6 is 0 Å². The summed E-state index contributed by atoms with van der Waals surface area (Å²) in [6.07, 6.45) is 3.42. The van der Waals surface area contributed by atoms with Gasteiger partial charge in [-0.1, -0.05) is 12.7 Å². The highest BCUT2D eigenvalue weighted by molar-refractivity contribution is 6.69. The number of ether oxygens (including phenoxy) is 1. The van der Waals surface area contributed by atoms with Crippen molar-refractivity contribution in [2.45, 2.75) is 26.6 Å². The fraction of sp³-hybridized carbons (Fsp3) is 0.556. The molecule has 0 spiro atoms. The molecule has 0 saturated carbocycles. The van der Waals surface area contributed by atoms with Crippen LogP contribution in [-0.4, -0.2) is 14.9 Å². The second kappa shape index (κ2) is 5.03. The lowest BCUT2D eigenvalue weighted by molar-refractivity contribution is 0.112. The number of allylic oxidation sites excluding steroid dienone is 2. The predicted octanol–water partition coefficient (Wildman–Crippen LogP) is 2.90.